The van der Waals surface area contributed by atoms with Crippen LogP contribution in [0, 0.1) is 0 Å². The molecule has 0 aromatic heterocycles. The smallest absolute Gasteiger partial charge is 0.550 e. The molecule has 0 amide bonds. The molecular formula is C10H21N2NaO8Zn. The average Bonchev–Trinajstić information content (AvgIpc) is 2.13. The summed E-state index contributed by atoms with van der Waals surface area (Å²) in [4.78, 5) is 35.7. The Balaban J connectivity index is -0.0000000250. The standard InChI is InChI=1S/C2H8N2.4C2H4O2.Na.Zn/c3-1-2-4;4*1-2(3)4;;/h1-4H2;4*1H3,(H,3,4);;/q;;;;;+1;+2/p-3. The summed E-state index contributed by atoms with van der Waals surface area (Å²) in [6.45, 7) is 5.19. The van der Waals surface area contributed by atoms with Crippen LogP contribution in [0.15, 0.2) is 0 Å². The molecule has 0 spiro atoms. The molecule has 0 radical (unpaired) electrons. The quantitative estimate of drug-likeness (QED) is 0.363. The van der Waals surface area contributed by atoms with Crippen molar-refractivity contribution >= 4 is 23.9 Å². The number of nitrogens with two attached hydrogens (primary N) is 2. The van der Waals surface area contributed by atoms with Crippen LogP contribution in [0.4, 0.5) is 0 Å². The number of aliphatic carboxylic acids is 4. The Hall–Kier alpha value is -0.577. The van der Waals surface area contributed by atoms with Crippen molar-refractivity contribution in [1.29, 1.82) is 0 Å². The van der Waals surface area contributed by atoms with E-state index in [0.29, 0.717) is 13.1 Å². The number of carboxylic acid groups (broad SMARTS) is 4. The van der Waals surface area contributed by atoms with E-state index in [9.17, 15) is 0 Å². The molecule has 0 bridgehead atoms. The first kappa shape index (κ1) is 43.0. The summed E-state index contributed by atoms with van der Waals surface area (Å²) in [5.74, 6) is -4.08. The van der Waals surface area contributed by atoms with Crippen LogP contribution >= 0.6 is 0 Å². The molecular weight excluding hydrogens is 364 g/mol. The zero-order chi connectivity index (χ0) is 17.7. The van der Waals surface area contributed by atoms with Gasteiger partial charge in [0, 0.05) is 37.9 Å². The summed E-state index contributed by atoms with van der Waals surface area (Å²) in [6.07, 6.45) is 0. The number of carbonyl (C=O) groups excluding carboxylic acids is 3. The van der Waals surface area contributed by atoms with E-state index in [1.807, 2.05) is 0 Å². The number of carboxylic acids is 4. The van der Waals surface area contributed by atoms with Crippen LogP contribution in [-0.2, 0) is 38.7 Å². The van der Waals surface area contributed by atoms with E-state index in [1.165, 1.54) is 0 Å². The molecule has 0 fully saturated rings. The number of hydrogen-bond donors (Lipinski definition) is 3. The van der Waals surface area contributed by atoms with Gasteiger partial charge in [0.2, 0.25) is 0 Å². The maximum Gasteiger partial charge on any atom is 2.00 e. The van der Waals surface area contributed by atoms with Crippen LogP contribution < -0.4 is 56.3 Å². The van der Waals surface area contributed by atoms with Gasteiger partial charge in [-0.15, -0.1) is 0 Å². The van der Waals surface area contributed by atoms with Crippen molar-refractivity contribution in [1.82, 2.24) is 0 Å². The van der Waals surface area contributed by atoms with Gasteiger partial charge in [0.25, 0.3) is 5.97 Å². The molecule has 0 unspecified atom stereocenters. The Labute approximate surface area is 164 Å². The molecule has 5 N–H and O–H groups in total. The molecule has 0 aromatic rings. The summed E-state index contributed by atoms with van der Waals surface area (Å²) < 4.78 is 0. The number of hydrogen-bond acceptors (Lipinski definition) is 9. The molecule has 0 aliphatic heterocycles. The fourth-order valence-electron chi connectivity index (χ4n) is 0. The molecule has 12 heteroatoms. The van der Waals surface area contributed by atoms with Crippen LogP contribution in [-0.4, -0.2) is 42.1 Å². The van der Waals surface area contributed by atoms with Crippen molar-refractivity contribution in [3.63, 3.8) is 0 Å². The Morgan fingerprint density at radius 2 is 0.818 bits per heavy atom. The van der Waals surface area contributed by atoms with E-state index >= 15 is 0 Å². The zero-order valence-electron chi connectivity index (χ0n) is 13.6. The van der Waals surface area contributed by atoms with Gasteiger partial charge in [-0.3, -0.25) is 4.79 Å². The first-order chi connectivity index (χ1) is 8.84. The molecule has 0 saturated heterocycles. The molecule has 122 valence electrons. The summed E-state index contributed by atoms with van der Waals surface area (Å²) >= 11 is 0. The maximum absolute atomic E-state index is 9.00. The summed E-state index contributed by atoms with van der Waals surface area (Å²) in [5.41, 5.74) is 9.81. The zero-order valence-corrected chi connectivity index (χ0v) is 18.5. The second-order valence-corrected chi connectivity index (χ2v) is 2.57. The molecule has 0 aliphatic carbocycles. The fourth-order valence-corrected chi connectivity index (χ4v) is 0. The summed E-state index contributed by atoms with van der Waals surface area (Å²) in [5, 5.41) is 34.1. The predicted octanol–water partition coefficient (Wildman–Crippen LogP) is -7.74. The van der Waals surface area contributed by atoms with Crippen molar-refractivity contribution in [2.45, 2.75) is 27.7 Å². The van der Waals surface area contributed by atoms with Gasteiger partial charge >= 0.3 is 49.0 Å². The molecule has 0 heterocycles. The molecule has 0 aliphatic rings. The number of carbonyl (C=O) groups is 4. The average molecular weight is 386 g/mol. The van der Waals surface area contributed by atoms with Gasteiger partial charge < -0.3 is 46.3 Å². The van der Waals surface area contributed by atoms with E-state index in [2.05, 4.69) is 0 Å². The van der Waals surface area contributed by atoms with Crippen molar-refractivity contribution < 1.29 is 88.6 Å². The van der Waals surface area contributed by atoms with E-state index in [1.54, 1.807) is 0 Å². The van der Waals surface area contributed by atoms with Crippen LogP contribution in [0.2, 0.25) is 0 Å². The third-order valence-electron chi connectivity index (χ3n) is 0.167. The Kier molecular flexibility index (Phi) is 83.5. The predicted molar refractivity (Wildman–Crippen MR) is 63.5 cm³/mol. The van der Waals surface area contributed by atoms with Gasteiger partial charge in [-0.2, -0.15) is 0 Å². The van der Waals surface area contributed by atoms with Gasteiger partial charge in [0.15, 0.2) is 0 Å². The molecule has 0 rings (SSSR count). The molecule has 0 atom stereocenters. The summed E-state index contributed by atoms with van der Waals surface area (Å²) in [7, 11) is 0. The Bertz CT molecular complexity index is 201. The van der Waals surface area contributed by atoms with Gasteiger partial charge in [0.05, 0.1) is 0 Å². The normalized spacial score (nSPS) is 5.91. The topological polar surface area (TPSA) is 210 Å². The first-order valence-corrected chi connectivity index (χ1v) is 4.97. The fraction of sp³-hybridized carbons (Fsp3) is 0.600. The Morgan fingerprint density at radius 3 is 0.818 bits per heavy atom. The minimum Gasteiger partial charge on any atom is -0.550 e. The Morgan fingerprint density at radius 1 is 0.773 bits per heavy atom. The van der Waals surface area contributed by atoms with Crippen molar-refractivity contribution in [3.8, 4) is 0 Å². The van der Waals surface area contributed by atoms with Crippen LogP contribution in [0.1, 0.15) is 27.7 Å². The number of rotatable bonds is 1. The molecule has 22 heavy (non-hydrogen) atoms. The van der Waals surface area contributed by atoms with Gasteiger partial charge in [-0.1, -0.05) is 0 Å². The minimum absolute atomic E-state index is 0. The second kappa shape index (κ2) is 42.8. The maximum atomic E-state index is 9.00. The van der Waals surface area contributed by atoms with E-state index in [0.717, 1.165) is 27.7 Å². The monoisotopic (exact) mass is 384 g/mol. The van der Waals surface area contributed by atoms with E-state index < -0.39 is 23.9 Å². The van der Waals surface area contributed by atoms with Crippen LogP contribution in [0.5, 0.6) is 0 Å². The minimum atomic E-state index is -1.08. The van der Waals surface area contributed by atoms with E-state index in [-0.39, 0.29) is 49.0 Å². The van der Waals surface area contributed by atoms with Crippen LogP contribution in [0.25, 0.3) is 0 Å². The first-order valence-electron chi connectivity index (χ1n) is 4.97. The van der Waals surface area contributed by atoms with Gasteiger partial charge in [0.1, 0.15) is 0 Å². The van der Waals surface area contributed by atoms with Crippen molar-refractivity contribution in [2.75, 3.05) is 13.1 Å². The molecule has 10 nitrogen and oxygen atoms in total. The van der Waals surface area contributed by atoms with Gasteiger partial charge in [-0.05, 0) is 20.8 Å². The molecule has 0 aromatic carbocycles. The molecule has 0 saturated carbocycles. The largest absolute Gasteiger partial charge is 2.00 e. The second-order valence-electron chi connectivity index (χ2n) is 2.57. The third kappa shape index (κ3) is 36800. The van der Waals surface area contributed by atoms with Gasteiger partial charge in [-0.25, -0.2) is 0 Å². The third-order valence-corrected chi connectivity index (χ3v) is 0.167. The van der Waals surface area contributed by atoms with Crippen molar-refractivity contribution in [3.05, 3.63) is 0 Å². The SMILES string of the molecule is CC(=O)O.CC(=O)[O-].CC(=O)[O-].CC(=O)[O-].NCCN.[Na+].[Zn+2]. The van der Waals surface area contributed by atoms with Crippen LogP contribution in [0.3, 0.4) is 0 Å². The van der Waals surface area contributed by atoms with Crippen molar-refractivity contribution in [2.24, 2.45) is 11.5 Å². The van der Waals surface area contributed by atoms with E-state index in [4.69, 9.17) is 51.1 Å². The summed E-state index contributed by atoms with van der Waals surface area (Å²) in [6, 6.07) is 0.